The Hall–Kier alpha value is -1.42. The zero-order valence-electron chi connectivity index (χ0n) is 10.6. The first-order valence-corrected chi connectivity index (χ1v) is 6.88. The van der Waals surface area contributed by atoms with Crippen LogP contribution in [0, 0.1) is 5.92 Å². The van der Waals surface area contributed by atoms with E-state index in [1.54, 1.807) is 0 Å². The van der Waals surface area contributed by atoms with Gasteiger partial charge < -0.3 is 15.6 Å². The number of carbonyl (C=O) groups is 1. The van der Waals surface area contributed by atoms with Gasteiger partial charge in [-0.3, -0.25) is 0 Å². The number of fused-ring (bicyclic) bond motifs is 3. The van der Waals surface area contributed by atoms with Crippen molar-refractivity contribution in [3.05, 3.63) is 22.2 Å². The fourth-order valence-electron chi connectivity index (χ4n) is 3.27. The molecule has 3 atom stereocenters. The molecule has 0 amide bonds. The highest BCUT2D eigenvalue weighted by atomic mass is 35.5. The van der Waals surface area contributed by atoms with Crippen LogP contribution < -0.4 is 10.5 Å². The number of halogens is 1. The zero-order chi connectivity index (χ0) is 13.7. The summed E-state index contributed by atoms with van der Waals surface area (Å²) in [5.74, 6) is 0.182. The van der Waals surface area contributed by atoms with Gasteiger partial charge in [-0.25, -0.2) is 4.79 Å². The Kier molecular flexibility index (Phi) is 2.86. The number of nitrogen functional groups attached to an aromatic ring is 1. The number of nitrogens with two attached hydrogens (primary N) is 1. The number of ether oxygens (including phenoxy) is 1. The predicted molar refractivity (Wildman–Crippen MR) is 73.0 cm³/mol. The van der Waals surface area contributed by atoms with Gasteiger partial charge in [0.05, 0.1) is 10.7 Å². The van der Waals surface area contributed by atoms with Gasteiger partial charge in [0.15, 0.2) is 0 Å². The van der Waals surface area contributed by atoms with Gasteiger partial charge in [-0.15, -0.1) is 0 Å². The highest BCUT2D eigenvalue weighted by Gasteiger charge is 2.42. The lowest BCUT2D eigenvalue weighted by atomic mass is 9.77. The quantitative estimate of drug-likeness (QED) is 0.775. The number of aromatic carboxylic acids is 1. The van der Waals surface area contributed by atoms with Crippen LogP contribution >= 0.6 is 11.6 Å². The van der Waals surface area contributed by atoms with Gasteiger partial charge in [-0.1, -0.05) is 18.5 Å². The highest BCUT2D eigenvalue weighted by Crippen LogP contribution is 2.52. The third-order valence-electron chi connectivity index (χ3n) is 4.23. The van der Waals surface area contributed by atoms with Crippen molar-refractivity contribution >= 4 is 23.3 Å². The van der Waals surface area contributed by atoms with Crippen molar-refractivity contribution in [1.29, 1.82) is 0 Å². The monoisotopic (exact) mass is 281 g/mol. The van der Waals surface area contributed by atoms with E-state index in [2.05, 4.69) is 6.92 Å². The molecule has 1 aliphatic heterocycles. The van der Waals surface area contributed by atoms with E-state index in [1.807, 2.05) is 0 Å². The van der Waals surface area contributed by atoms with Gasteiger partial charge in [-0.2, -0.15) is 0 Å². The minimum Gasteiger partial charge on any atom is -0.488 e. The molecule has 1 saturated carbocycles. The maximum atomic E-state index is 11.3. The topological polar surface area (TPSA) is 72.5 Å². The SMILES string of the molecule is CC1CCC2Oc3c(C(=O)O)cc(Cl)c(N)c3C2C1. The van der Waals surface area contributed by atoms with Crippen LogP contribution in [-0.4, -0.2) is 17.2 Å². The molecule has 19 heavy (non-hydrogen) atoms. The van der Waals surface area contributed by atoms with E-state index in [1.165, 1.54) is 6.07 Å². The third kappa shape index (κ3) is 1.86. The number of hydrogen-bond acceptors (Lipinski definition) is 3. The second-order valence-corrected chi connectivity index (χ2v) is 5.96. The molecule has 1 aromatic carbocycles. The summed E-state index contributed by atoms with van der Waals surface area (Å²) in [5, 5.41) is 9.57. The standard InChI is InChI=1S/C14H16ClNO3/c1-6-2-3-10-7(4-6)11-12(16)9(15)5-8(14(17)18)13(11)19-10/h5-7,10H,2-4,16H2,1H3,(H,17,18). The molecule has 5 heteroatoms. The molecule has 4 nitrogen and oxygen atoms in total. The molecule has 1 aliphatic carbocycles. The highest BCUT2D eigenvalue weighted by molar-refractivity contribution is 6.33. The van der Waals surface area contributed by atoms with Crippen LogP contribution in [0.15, 0.2) is 6.07 Å². The molecule has 102 valence electrons. The summed E-state index contributed by atoms with van der Waals surface area (Å²) in [4.78, 5) is 11.3. The molecular weight excluding hydrogens is 266 g/mol. The second-order valence-electron chi connectivity index (χ2n) is 5.55. The average Bonchev–Trinajstić information content (AvgIpc) is 2.72. The predicted octanol–water partition coefficient (Wildman–Crippen LogP) is 3.29. The molecular formula is C14H16ClNO3. The van der Waals surface area contributed by atoms with Crippen molar-refractivity contribution in [1.82, 2.24) is 0 Å². The van der Waals surface area contributed by atoms with E-state index in [4.69, 9.17) is 22.1 Å². The lowest BCUT2D eigenvalue weighted by molar-refractivity contribution is 0.0688. The van der Waals surface area contributed by atoms with Gasteiger partial charge >= 0.3 is 5.97 Å². The van der Waals surface area contributed by atoms with E-state index < -0.39 is 5.97 Å². The Balaban J connectivity index is 2.16. The molecule has 3 unspecified atom stereocenters. The second kappa shape index (κ2) is 4.30. The lowest BCUT2D eigenvalue weighted by Gasteiger charge is -2.28. The molecule has 0 aromatic heterocycles. The number of hydrogen-bond donors (Lipinski definition) is 2. The summed E-state index contributed by atoms with van der Waals surface area (Å²) < 4.78 is 5.87. The third-order valence-corrected chi connectivity index (χ3v) is 4.54. The summed E-state index contributed by atoms with van der Waals surface area (Å²) in [7, 11) is 0. The van der Waals surface area contributed by atoms with Gasteiger partial charge in [0.2, 0.25) is 0 Å². The summed E-state index contributed by atoms with van der Waals surface area (Å²) in [6.45, 7) is 2.20. The van der Waals surface area contributed by atoms with E-state index in [0.29, 0.717) is 22.4 Å². The van der Waals surface area contributed by atoms with Crippen molar-refractivity contribution in [3.8, 4) is 5.75 Å². The zero-order valence-corrected chi connectivity index (χ0v) is 11.4. The van der Waals surface area contributed by atoms with Crippen LogP contribution in [0.2, 0.25) is 5.02 Å². The van der Waals surface area contributed by atoms with Gasteiger partial charge in [0.25, 0.3) is 0 Å². The fraction of sp³-hybridized carbons (Fsp3) is 0.500. The first-order valence-electron chi connectivity index (χ1n) is 6.50. The van der Waals surface area contributed by atoms with Crippen molar-refractivity contribution in [2.24, 2.45) is 5.92 Å². The first kappa shape index (κ1) is 12.6. The molecule has 1 aromatic rings. The first-order chi connectivity index (χ1) is 8.99. The number of anilines is 1. The van der Waals surface area contributed by atoms with Crippen LogP contribution in [0.1, 0.15) is 48.0 Å². The summed E-state index contributed by atoms with van der Waals surface area (Å²) in [6, 6.07) is 1.39. The van der Waals surface area contributed by atoms with E-state index >= 15 is 0 Å². The molecule has 1 fully saturated rings. The summed E-state index contributed by atoms with van der Waals surface area (Å²) in [5.41, 5.74) is 7.45. The number of carboxylic acids is 1. The Morgan fingerprint density at radius 1 is 1.53 bits per heavy atom. The molecule has 0 radical (unpaired) electrons. The minimum atomic E-state index is -1.02. The molecule has 0 saturated heterocycles. The lowest BCUT2D eigenvalue weighted by Crippen LogP contribution is -2.26. The van der Waals surface area contributed by atoms with Crippen LogP contribution in [0.5, 0.6) is 5.75 Å². The maximum Gasteiger partial charge on any atom is 0.339 e. The maximum absolute atomic E-state index is 11.3. The van der Waals surface area contributed by atoms with Crippen molar-refractivity contribution in [2.45, 2.75) is 38.2 Å². The summed E-state index contributed by atoms with van der Waals surface area (Å²) in [6.07, 6.45) is 3.06. The minimum absolute atomic E-state index is 0.0464. The van der Waals surface area contributed by atoms with Crippen LogP contribution in [0.25, 0.3) is 0 Å². The van der Waals surface area contributed by atoms with E-state index in [-0.39, 0.29) is 17.6 Å². The Labute approximate surface area is 116 Å². The van der Waals surface area contributed by atoms with Crippen molar-refractivity contribution in [2.75, 3.05) is 5.73 Å². The Morgan fingerprint density at radius 2 is 2.26 bits per heavy atom. The molecule has 0 spiro atoms. The van der Waals surface area contributed by atoms with Crippen molar-refractivity contribution in [3.63, 3.8) is 0 Å². The van der Waals surface area contributed by atoms with Crippen molar-refractivity contribution < 1.29 is 14.6 Å². The van der Waals surface area contributed by atoms with Crippen LogP contribution in [0.3, 0.4) is 0 Å². The molecule has 0 bridgehead atoms. The van der Waals surface area contributed by atoms with E-state index in [0.717, 1.165) is 24.8 Å². The number of benzene rings is 1. The Morgan fingerprint density at radius 3 is 2.95 bits per heavy atom. The Bertz CT molecular complexity index is 558. The normalized spacial score (nSPS) is 28.4. The summed E-state index contributed by atoms with van der Waals surface area (Å²) >= 11 is 6.07. The number of rotatable bonds is 1. The largest absolute Gasteiger partial charge is 0.488 e. The molecule has 2 aliphatic rings. The molecule has 3 N–H and O–H groups in total. The van der Waals surface area contributed by atoms with Gasteiger partial charge in [-0.05, 0) is 31.2 Å². The molecule has 1 heterocycles. The fourth-order valence-corrected chi connectivity index (χ4v) is 3.48. The van der Waals surface area contributed by atoms with Gasteiger partial charge in [0, 0.05) is 11.5 Å². The van der Waals surface area contributed by atoms with Crippen LogP contribution in [-0.2, 0) is 0 Å². The van der Waals surface area contributed by atoms with E-state index in [9.17, 15) is 9.90 Å². The van der Waals surface area contributed by atoms with Gasteiger partial charge in [0.1, 0.15) is 17.4 Å². The smallest absolute Gasteiger partial charge is 0.339 e. The number of carboxylic acid groups (broad SMARTS) is 1. The molecule has 3 rings (SSSR count). The average molecular weight is 282 g/mol. The van der Waals surface area contributed by atoms with Crippen LogP contribution in [0.4, 0.5) is 5.69 Å².